The van der Waals surface area contributed by atoms with E-state index in [1.807, 2.05) is 27.7 Å². The molecule has 0 aromatic carbocycles. The van der Waals surface area contributed by atoms with Gasteiger partial charge in [-0.15, -0.1) is 0 Å². The number of carbonyl (C=O) groups is 1. The Labute approximate surface area is 98.8 Å². The van der Waals surface area contributed by atoms with Crippen molar-refractivity contribution >= 4 is 5.91 Å². The second-order valence-corrected chi connectivity index (χ2v) is 5.23. The van der Waals surface area contributed by atoms with Gasteiger partial charge in [-0.25, -0.2) is 0 Å². The molecule has 0 aliphatic carbocycles. The second-order valence-electron chi connectivity index (χ2n) is 5.23. The number of nitrogens with zero attached hydrogens (tertiary/aromatic N) is 1. The van der Waals surface area contributed by atoms with Crippen LogP contribution in [0.1, 0.15) is 40.5 Å². The van der Waals surface area contributed by atoms with Crippen molar-refractivity contribution < 1.29 is 9.90 Å². The molecule has 0 bridgehead atoms. The summed E-state index contributed by atoms with van der Waals surface area (Å²) in [5.41, 5.74) is 5.93. The van der Waals surface area contributed by atoms with E-state index in [1.54, 1.807) is 4.90 Å². The van der Waals surface area contributed by atoms with Crippen LogP contribution >= 0.6 is 0 Å². The Kier molecular flexibility index (Phi) is 6.60. The quantitative estimate of drug-likeness (QED) is 0.715. The molecule has 1 unspecified atom stereocenters. The van der Waals surface area contributed by atoms with Gasteiger partial charge < -0.3 is 15.7 Å². The van der Waals surface area contributed by atoms with Gasteiger partial charge in [0.1, 0.15) is 0 Å². The molecule has 0 radical (unpaired) electrons. The number of aliphatic hydroxyl groups is 1. The van der Waals surface area contributed by atoms with Gasteiger partial charge in [0.25, 0.3) is 0 Å². The van der Waals surface area contributed by atoms with Gasteiger partial charge in [0.05, 0.1) is 0 Å². The minimum Gasteiger partial charge on any atom is -0.396 e. The number of hydrogen-bond donors (Lipinski definition) is 2. The Balaban J connectivity index is 4.21. The summed E-state index contributed by atoms with van der Waals surface area (Å²) in [5, 5.41) is 8.74. The first-order chi connectivity index (χ1) is 7.32. The van der Waals surface area contributed by atoms with Crippen LogP contribution in [0.3, 0.4) is 0 Å². The number of amides is 1. The highest BCUT2D eigenvalue weighted by atomic mass is 16.3. The molecule has 0 aromatic rings. The molecule has 0 heterocycles. The van der Waals surface area contributed by atoms with Crippen LogP contribution in [0.5, 0.6) is 0 Å². The van der Waals surface area contributed by atoms with E-state index >= 15 is 0 Å². The standard InChI is InChI=1S/C12H26N2O2/c1-5-14(7-6-8-15)11(16)9-10(13)12(2,3)4/h10,15H,5-9,13H2,1-4H3. The minimum absolute atomic E-state index is 0.0496. The first kappa shape index (κ1) is 15.4. The lowest BCUT2D eigenvalue weighted by atomic mass is 9.85. The smallest absolute Gasteiger partial charge is 0.224 e. The highest BCUT2D eigenvalue weighted by Gasteiger charge is 2.24. The molecule has 0 aliphatic heterocycles. The Hall–Kier alpha value is -0.610. The van der Waals surface area contributed by atoms with Crippen molar-refractivity contribution in [3.05, 3.63) is 0 Å². The van der Waals surface area contributed by atoms with Gasteiger partial charge in [-0.05, 0) is 18.8 Å². The van der Waals surface area contributed by atoms with Gasteiger partial charge in [-0.2, -0.15) is 0 Å². The van der Waals surface area contributed by atoms with Crippen LogP contribution in [0, 0.1) is 5.41 Å². The van der Waals surface area contributed by atoms with Gasteiger partial charge in [-0.1, -0.05) is 20.8 Å². The highest BCUT2D eigenvalue weighted by Crippen LogP contribution is 2.20. The fourth-order valence-corrected chi connectivity index (χ4v) is 1.34. The fourth-order valence-electron chi connectivity index (χ4n) is 1.34. The number of hydrogen-bond acceptors (Lipinski definition) is 3. The second kappa shape index (κ2) is 6.86. The third kappa shape index (κ3) is 5.47. The van der Waals surface area contributed by atoms with E-state index in [9.17, 15) is 4.79 Å². The Morgan fingerprint density at radius 3 is 2.38 bits per heavy atom. The lowest BCUT2D eigenvalue weighted by molar-refractivity contribution is -0.132. The van der Waals surface area contributed by atoms with Crippen LogP contribution < -0.4 is 5.73 Å². The van der Waals surface area contributed by atoms with Gasteiger partial charge in [-0.3, -0.25) is 4.79 Å². The van der Waals surface area contributed by atoms with Crippen LogP contribution in [0.4, 0.5) is 0 Å². The summed E-state index contributed by atoms with van der Waals surface area (Å²) in [5.74, 6) is 0.0818. The predicted molar refractivity (Wildman–Crippen MR) is 66.0 cm³/mol. The van der Waals surface area contributed by atoms with Crippen LogP contribution in [0.2, 0.25) is 0 Å². The molecular formula is C12H26N2O2. The molecule has 4 nitrogen and oxygen atoms in total. The minimum atomic E-state index is -0.122. The molecule has 0 rings (SSSR count). The average molecular weight is 230 g/mol. The Morgan fingerprint density at radius 1 is 1.44 bits per heavy atom. The molecule has 4 heteroatoms. The van der Waals surface area contributed by atoms with E-state index in [0.29, 0.717) is 25.9 Å². The Morgan fingerprint density at radius 2 is 2.00 bits per heavy atom. The van der Waals surface area contributed by atoms with E-state index in [1.165, 1.54) is 0 Å². The predicted octanol–water partition coefficient (Wildman–Crippen LogP) is 0.981. The molecule has 3 N–H and O–H groups in total. The summed E-state index contributed by atoms with van der Waals surface area (Å²) in [6, 6.07) is -0.122. The van der Waals surface area contributed by atoms with Crippen molar-refractivity contribution in [1.29, 1.82) is 0 Å². The summed E-state index contributed by atoms with van der Waals surface area (Å²) >= 11 is 0. The summed E-state index contributed by atoms with van der Waals surface area (Å²) < 4.78 is 0. The van der Waals surface area contributed by atoms with Crippen molar-refractivity contribution in [2.24, 2.45) is 11.1 Å². The lowest BCUT2D eigenvalue weighted by Crippen LogP contribution is -2.42. The first-order valence-corrected chi connectivity index (χ1v) is 5.97. The molecule has 0 spiro atoms. The first-order valence-electron chi connectivity index (χ1n) is 5.97. The zero-order valence-electron chi connectivity index (χ0n) is 11.0. The monoisotopic (exact) mass is 230 g/mol. The SMILES string of the molecule is CCN(CCCO)C(=O)CC(N)C(C)(C)C. The third-order valence-corrected chi connectivity index (χ3v) is 2.83. The van der Waals surface area contributed by atoms with Crippen LogP contribution in [-0.2, 0) is 4.79 Å². The van der Waals surface area contributed by atoms with Crippen molar-refractivity contribution in [2.45, 2.75) is 46.6 Å². The van der Waals surface area contributed by atoms with Crippen molar-refractivity contribution in [2.75, 3.05) is 19.7 Å². The maximum absolute atomic E-state index is 11.9. The summed E-state index contributed by atoms with van der Waals surface area (Å²) in [4.78, 5) is 13.7. The molecule has 16 heavy (non-hydrogen) atoms. The molecule has 0 saturated heterocycles. The largest absolute Gasteiger partial charge is 0.396 e. The fraction of sp³-hybridized carbons (Fsp3) is 0.917. The number of carbonyl (C=O) groups excluding carboxylic acids is 1. The zero-order chi connectivity index (χ0) is 12.8. The third-order valence-electron chi connectivity index (χ3n) is 2.83. The van der Waals surface area contributed by atoms with Crippen LogP contribution in [0.25, 0.3) is 0 Å². The van der Waals surface area contributed by atoms with E-state index < -0.39 is 0 Å². The van der Waals surface area contributed by atoms with Gasteiger partial charge >= 0.3 is 0 Å². The van der Waals surface area contributed by atoms with Gasteiger partial charge in [0, 0.05) is 32.2 Å². The number of rotatable bonds is 6. The molecule has 96 valence electrons. The van der Waals surface area contributed by atoms with E-state index in [2.05, 4.69) is 0 Å². The van der Waals surface area contributed by atoms with Crippen molar-refractivity contribution in [1.82, 2.24) is 4.90 Å². The van der Waals surface area contributed by atoms with Crippen molar-refractivity contribution in [3.63, 3.8) is 0 Å². The molecule has 0 saturated carbocycles. The van der Waals surface area contributed by atoms with E-state index in [-0.39, 0.29) is 24.0 Å². The van der Waals surface area contributed by atoms with Crippen LogP contribution in [0.15, 0.2) is 0 Å². The maximum atomic E-state index is 11.9. The van der Waals surface area contributed by atoms with Gasteiger partial charge in [0.15, 0.2) is 0 Å². The van der Waals surface area contributed by atoms with Gasteiger partial charge in [0.2, 0.25) is 5.91 Å². The number of aliphatic hydroxyl groups excluding tert-OH is 1. The van der Waals surface area contributed by atoms with Crippen molar-refractivity contribution in [3.8, 4) is 0 Å². The van der Waals surface area contributed by atoms with E-state index in [0.717, 1.165) is 0 Å². The summed E-state index contributed by atoms with van der Waals surface area (Å²) in [6.07, 6.45) is 1.01. The topological polar surface area (TPSA) is 66.6 Å². The lowest BCUT2D eigenvalue weighted by Gasteiger charge is -2.29. The molecule has 0 fully saturated rings. The molecule has 0 aromatic heterocycles. The highest BCUT2D eigenvalue weighted by molar-refractivity contribution is 5.76. The number of nitrogens with two attached hydrogens (primary N) is 1. The molecule has 1 atom stereocenters. The summed E-state index contributed by atoms with van der Waals surface area (Å²) in [6.45, 7) is 9.46. The molecular weight excluding hydrogens is 204 g/mol. The molecule has 1 amide bonds. The molecule has 0 aliphatic rings. The zero-order valence-corrected chi connectivity index (χ0v) is 11.0. The Bertz CT molecular complexity index is 212. The van der Waals surface area contributed by atoms with E-state index in [4.69, 9.17) is 10.8 Å². The average Bonchev–Trinajstić information content (AvgIpc) is 2.17. The normalized spacial score (nSPS) is 13.6. The summed E-state index contributed by atoms with van der Waals surface area (Å²) in [7, 11) is 0. The maximum Gasteiger partial charge on any atom is 0.224 e. The van der Waals surface area contributed by atoms with Crippen LogP contribution in [-0.4, -0.2) is 41.7 Å².